The number of nitrogens with zero attached hydrogens (tertiary/aromatic N) is 2. The molecule has 266 valence electrons. The molecule has 0 unspecified atom stereocenters. The van der Waals surface area contributed by atoms with E-state index >= 15 is 0 Å². The number of allylic oxidation sites excluding steroid dienone is 1. The number of hydrogen-bond acceptors (Lipinski definition) is 7. The summed E-state index contributed by atoms with van der Waals surface area (Å²) in [5.41, 5.74) is 1.31. The van der Waals surface area contributed by atoms with Crippen molar-refractivity contribution >= 4 is 8.32 Å². The highest BCUT2D eigenvalue weighted by Crippen LogP contribution is 2.44. The molecule has 0 saturated carbocycles. The second kappa shape index (κ2) is 14.9. The molecular weight excluding hydrogens is 649 g/mol. The van der Waals surface area contributed by atoms with E-state index in [-0.39, 0.29) is 29.9 Å². The Kier molecular flexibility index (Phi) is 11.1. The molecule has 0 amide bonds. The van der Waals surface area contributed by atoms with Gasteiger partial charge in [-0.15, -0.1) is 6.58 Å². The lowest BCUT2D eigenvalue weighted by atomic mass is 9.80. The first-order chi connectivity index (χ1) is 23.7. The maximum atomic E-state index is 13.7. The summed E-state index contributed by atoms with van der Waals surface area (Å²) in [7, 11) is 0.984. The van der Waals surface area contributed by atoms with Crippen molar-refractivity contribution in [2.45, 2.75) is 82.8 Å². The molecule has 1 aliphatic heterocycles. The molecule has 0 radical (unpaired) electrons. The zero-order valence-corrected chi connectivity index (χ0v) is 31.5. The van der Waals surface area contributed by atoms with Crippen molar-refractivity contribution in [1.82, 2.24) is 9.13 Å². The van der Waals surface area contributed by atoms with Crippen LogP contribution >= 0.6 is 0 Å². The molecule has 2 heterocycles. The van der Waals surface area contributed by atoms with Crippen LogP contribution in [-0.4, -0.2) is 50.5 Å². The predicted molar refractivity (Wildman–Crippen MR) is 199 cm³/mol. The summed E-state index contributed by atoms with van der Waals surface area (Å²) in [4.78, 5) is 26.5. The molecule has 3 aromatic carbocycles. The molecule has 0 spiro atoms. The predicted octanol–water partition coefficient (Wildman–Crippen LogP) is 7.21. The third kappa shape index (κ3) is 7.30. The van der Waals surface area contributed by atoms with Crippen molar-refractivity contribution in [2.24, 2.45) is 0 Å². The number of ether oxygens (including phenoxy) is 4. The van der Waals surface area contributed by atoms with Gasteiger partial charge in [-0.1, -0.05) is 81.4 Å². The van der Waals surface area contributed by atoms with Gasteiger partial charge in [-0.25, -0.2) is 4.79 Å². The summed E-state index contributed by atoms with van der Waals surface area (Å²) in [6, 6.07) is 25.9. The van der Waals surface area contributed by atoms with Gasteiger partial charge in [0.25, 0.3) is 5.56 Å². The van der Waals surface area contributed by atoms with E-state index in [2.05, 4.69) is 52.6 Å². The molecule has 0 bridgehead atoms. The smallest absolute Gasteiger partial charge is 0.333 e. The van der Waals surface area contributed by atoms with E-state index in [1.54, 1.807) is 33.4 Å². The quantitative estimate of drug-likeness (QED) is 0.0829. The van der Waals surface area contributed by atoms with Crippen LogP contribution in [0.3, 0.4) is 0 Å². The zero-order chi connectivity index (χ0) is 36.3. The Morgan fingerprint density at radius 3 is 1.92 bits per heavy atom. The minimum absolute atomic E-state index is 0.0684. The van der Waals surface area contributed by atoms with Crippen molar-refractivity contribution in [2.75, 3.05) is 20.8 Å². The van der Waals surface area contributed by atoms with Crippen LogP contribution in [0.5, 0.6) is 11.5 Å². The Labute approximate surface area is 296 Å². The molecule has 9 nitrogen and oxygen atoms in total. The number of hydrogen-bond donors (Lipinski definition) is 0. The monoisotopic (exact) mass is 698 g/mol. The number of methoxy groups -OCH3 is 2. The third-order valence-electron chi connectivity index (χ3n) is 10.1. The number of rotatable bonds is 13. The Morgan fingerprint density at radius 2 is 1.42 bits per heavy atom. The Balaban J connectivity index is 1.62. The van der Waals surface area contributed by atoms with E-state index in [0.29, 0.717) is 12.0 Å². The lowest BCUT2D eigenvalue weighted by molar-refractivity contribution is -0.0930. The minimum atomic E-state index is -2.31. The van der Waals surface area contributed by atoms with Crippen LogP contribution in [-0.2, 0) is 26.0 Å². The molecule has 5 rings (SSSR count). The van der Waals surface area contributed by atoms with Gasteiger partial charge in [0, 0.05) is 24.7 Å². The second-order valence-corrected chi connectivity index (χ2v) is 19.1. The highest BCUT2D eigenvalue weighted by Gasteiger charge is 2.47. The van der Waals surface area contributed by atoms with Gasteiger partial charge in [0.15, 0.2) is 8.32 Å². The molecule has 0 aliphatic carbocycles. The number of aromatic nitrogens is 2. The maximum absolute atomic E-state index is 13.7. The van der Waals surface area contributed by atoms with Gasteiger partial charge >= 0.3 is 5.69 Å². The van der Waals surface area contributed by atoms with Gasteiger partial charge in [0.1, 0.15) is 29.4 Å². The molecule has 1 aromatic heterocycles. The molecule has 1 fully saturated rings. The van der Waals surface area contributed by atoms with Crippen LogP contribution in [0.15, 0.2) is 107 Å². The molecule has 4 aromatic rings. The molecular formula is C40H50N2O7Si. The second-order valence-electron chi connectivity index (χ2n) is 14.3. The molecule has 1 saturated heterocycles. The van der Waals surface area contributed by atoms with Crippen LogP contribution in [0.25, 0.3) is 0 Å². The molecule has 50 heavy (non-hydrogen) atoms. The van der Waals surface area contributed by atoms with E-state index in [1.165, 1.54) is 9.13 Å². The summed E-state index contributed by atoms with van der Waals surface area (Å²) in [6.07, 6.45) is 1.95. The highest BCUT2D eigenvalue weighted by molar-refractivity contribution is 6.74. The number of aryl methyl sites for hydroxylation is 1. The van der Waals surface area contributed by atoms with Crippen LogP contribution in [0.4, 0.5) is 0 Å². The van der Waals surface area contributed by atoms with Crippen molar-refractivity contribution in [3.8, 4) is 11.5 Å². The first-order valence-electron chi connectivity index (χ1n) is 17.0. The topological polar surface area (TPSA) is 90.2 Å². The van der Waals surface area contributed by atoms with Gasteiger partial charge < -0.3 is 23.4 Å². The first kappa shape index (κ1) is 37.0. The average molecular weight is 699 g/mol. The summed E-state index contributed by atoms with van der Waals surface area (Å²) in [5.74, 6) is 1.46. The zero-order valence-electron chi connectivity index (χ0n) is 30.5. The van der Waals surface area contributed by atoms with Crippen molar-refractivity contribution in [3.63, 3.8) is 0 Å². The van der Waals surface area contributed by atoms with Crippen LogP contribution in [0.1, 0.15) is 55.7 Å². The fourth-order valence-electron chi connectivity index (χ4n) is 6.24. The molecule has 3 atom stereocenters. The SMILES string of the molecule is C=CCn1c(=O)c(C)cn([C@H]2C[C@H](O[Si](C)(C)C(C)(C)C)[C@@H](COC(c3ccccc3)(c3ccc(OC)cc3)c3ccc(OC)cc3)O2)c1=O. The summed E-state index contributed by atoms with van der Waals surface area (Å²) >= 11 is 0. The average Bonchev–Trinajstić information content (AvgIpc) is 3.50. The lowest BCUT2D eigenvalue weighted by Gasteiger charge is -2.40. The molecule has 10 heteroatoms. The largest absolute Gasteiger partial charge is 0.497 e. The van der Waals surface area contributed by atoms with Crippen molar-refractivity contribution in [3.05, 3.63) is 141 Å². The Morgan fingerprint density at radius 1 is 0.880 bits per heavy atom. The third-order valence-corrected chi connectivity index (χ3v) is 14.6. The Bertz CT molecular complexity index is 1830. The van der Waals surface area contributed by atoms with Gasteiger partial charge in [0.05, 0.1) is 26.9 Å². The summed E-state index contributed by atoms with van der Waals surface area (Å²) in [6.45, 7) is 16.7. The minimum Gasteiger partial charge on any atom is -0.497 e. The number of benzene rings is 3. The lowest BCUT2D eigenvalue weighted by Crippen LogP contribution is -2.47. The van der Waals surface area contributed by atoms with Gasteiger partial charge in [-0.05, 0) is 66.0 Å². The molecule has 1 aliphatic rings. The fraction of sp³-hybridized carbons (Fsp3) is 0.400. The summed E-state index contributed by atoms with van der Waals surface area (Å²) in [5, 5.41) is -0.0684. The fourth-order valence-corrected chi connectivity index (χ4v) is 7.59. The first-order valence-corrected chi connectivity index (χ1v) is 19.9. The van der Waals surface area contributed by atoms with Crippen LogP contribution in [0.2, 0.25) is 18.1 Å². The van der Waals surface area contributed by atoms with Gasteiger partial charge in [-0.3, -0.25) is 13.9 Å². The van der Waals surface area contributed by atoms with Crippen molar-refractivity contribution in [1.29, 1.82) is 0 Å². The standard InChI is InChI=1S/C40H50N2O7Si/c1-10-24-41-37(43)28(2)26-42(38(41)44)36-25-34(49-50(8,9)39(3,4)5)35(48-36)27-47-40(29-14-12-11-13-15-29,30-16-20-32(45-6)21-17-30)31-18-22-33(46-7)23-19-31/h10-23,26,34-36H,1,24-25,27H2,2-9H3/t34-,35+,36+/m0/s1. The van der Waals surface area contributed by atoms with Gasteiger partial charge in [-0.2, -0.15) is 0 Å². The van der Waals surface area contributed by atoms with E-state index in [0.717, 1.165) is 28.2 Å². The van der Waals surface area contributed by atoms with E-state index in [1.807, 2.05) is 66.7 Å². The normalized spacial score (nSPS) is 18.2. The van der Waals surface area contributed by atoms with Crippen molar-refractivity contribution < 1.29 is 23.4 Å². The van der Waals surface area contributed by atoms with Crippen LogP contribution < -0.4 is 20.7 Å². The molecule has 0 N–H and O–H groups in total. The maximum Gasteiger partial charge on any atom is 0.333 e. The van der Waals surface area contributed by atoms with E-state index in [9.17, 15) is 9.59 Å². The highest BCUT2D eigenvalue weighted by atomic mass is 28.4. The van der Waals surface area contributed by atoms with Crippen LogP contribution in [0, 0.1) is 6.92 Å². The van der Waals surface area contributed by atoms with E-state index in [4.69, 9.17) is 23.4 Å². The Hall–Kier alpha value is -4.22. The van der Waals surface area contributed by atoms with Gasteiger partial charge in [0.2, 0.25) is 0 Å². The van der Waals surface area contributed by atoms with E-state index < -0.39 is 31.9 Å². The summed E-state index contributed by atoms with van der Waals surface area (Å²) < 4.78 is 34.8.